The third-order valence-corrected chi connectivity index (χ3v) is 5.68. The highest BCUT2D eigenvalue weighted by Gasteiger charge is 2.28. The molecular formula is C12H21ClN4O2S. The van der Waals surface area contributed by atoms with Gasteiger partial charge in [-0.05, 0) is 39.8 Å². The van der Waals surface area contributed by atoms with Gasteiger partial charge in [0.2, 0.25) is 5.03 Å². The van der Waals surface area contributed by atoms with Crippen LogP contribution in [0.3, 0.4) is 0 Å². The molecule has 1 aliphatic rings. The van der Waals surface area contributed by atoms with E-state index in [9.17, 15) is 8.42 Å². The molecule has 2 heterocycles. The van der Waals surface area contributed by atoms with Crippen LogP contribution in [0.15, 0.2) is 11.4 Å². The SMILES string of the molecule is CC(C)N1CCC(NS(=O)(=O)c2ncn(C)c2Cl)CC1. The molecule has 0 spiro atoms. The van der Waals surface area contributed by atoms with Gasteiger partial charge in [0.1, 0.15) is 5.15 Å². The van der Waals surface area contributed by atoms with Gasteiger partial charge in [-0.15, -0.1) is 0 Å². The summed E-state index contributed by atoms with van der Waals surface area (Å²) in [6.07, 6.45) is 3.02. The van der Waals surface area contributed by atoms with Crippen LogP contribution in [0.25, 0.3) is 0 Å². The first kappa shape index (κ1) is 15.8. The van der Waals surface area contributed by atoms with Gasteiger partial charge >= 0.3 is 0 Å². The number of aryl methyl sites for hydroxylation is 1. The van der Waals surface area contributed by atoms with E-state index in [0.717, 1.165) is 25.9 Å². The predicted octanol–water partition coefficient (Wildman–Crippen LogP) is 1.22. The quantitative estimate of drug-likeness (QED) is 0.906. The first-order valence-electron chi connectivity index (χ1n) is 6.74. The van der Waals surface area contributed by atoms with Crippen LogP contribution in [0.5, 0.6) is 0 Å². The van der Waals surface area contributed by atoms with Gasteiger partial charge in [-0.2, -0.15) is 0 Å². The molecule has 2 rings (SSSR count). The second-order valence-corrected chi connectivity index (χ2v) is 7.46. The van der Waals surface area contributed by atoms with Gasteiger partial charge in [0, 0.05) is 19.1 Å². The van der Waals surface area contributed by atoms with Crippen LogP contribution >= 0.6 is 11.6 Å². The van der Waals surface area contributed by atoms with Gasteiger partial charge in [-0.3, -0.25) is 0 Å². The highest BCUT2D eigenvalue weighted by molar-refractivity contribution is 7.89. The highest BCUT2D eigenvalue weighted by atomic mass is 35.5. The van der Waals surface area contributed by atoms with E-state index in [-0.39, 0.29) is 16.2 Å². The lowest BCUT2D eigenvalue weighted by atomic mass is 10.1. The van der Waals surface area contributed by atoms with Gasteiger partial charge in [0.25, 0.3) is 10.0 Å². The predicted molar refractivity (Wildman–Crippen MR) is 78.3 cm³/mol. The van der Waals surface area contributed by atoms with Crippen LogP contribution in [0.4, 0.5) is 0 Å². The number of piperidine rings is 1. The summed E-state index contributed by atoms with van der Waals surface area (Å²) in [4.78, 5) is 6.21. The van der Waals surface area contributed by atoms with E-state index < -0.39 is 10.0 Å². The van der Waals surface area contributed by atoms with Crippen molar-refractivity contribution in [3.63, 3.8) is 0 Å². The van der Waals surface area contributed by atoms with E-state index in [2.05, 4.69) is 28.5 Å². The Kier molecular flexibility index (Phi) is 4.73. The minimum atomic E-state index is -3.64. The van der Waals surface area contributed by atoms with Crippen molar-refractivity contribution < 1.29 is 8.42 Å². The summed E-state index contributed by atoms with van der Waals surface area (Å²) in [7, 11) is -1.98. The largest absolute Gasteiger partial charge is 0.324 e. The number of likely N-dealkylation sites (tertiary alicyclic amines) is 1. The van der Waals surface area contributed by atoms with Crippen molar-refractivity contribution >= 4 is 21.6 Å². The van der Waals surface area contributed by atoms with Gasteiger partial charge in [-0.1, -0.05) is 11.6 Å². The van der Waals surface area contributed by atoms with Crippen molar-refractivity contribution in [1.82, 2.24) is 19.2 Å². The molecular weight excluding hydrogens is 300 g/mol. The van der Waals surface area contributed by atoms with Crippen molar-refractivity contribution in [2.24, 2.45) is 7.05 Å². The fourth-order valence-electron chi connectivity index (χ4n) is 2.38. The smallest absolute Gasteiger partial charge is 0.261 e. The number of nitrogens with zero attached hydrogens (tertiary/aromatic N) is 3. The maximum absolute atomic E-state index is 12.3. The van der Waals surface area contributed by atoms with Crippen molar-refractivity contribution in [3.8, 4) is 0 Å². The van der Waals surface area contributed by atoms with E-state index in [1.807, 2.05) is 0 Å². The van der Waals surface area contributed by atoms with Crippen LogP contribution in [0.1, 0.15) is 26.7 Å². The molecule has 8 heteroatoms. The highest BCUT2D eigenvalue weighted by Crippen LogP contribution is 2.20. The van der Waals surface area contributed by atoms with Gasteiger partial charge in [-0.25, -0.2) is 18.1 Å². The first-order valence-corrected chi connectivity index (χ1v) is 8.60. The Bertz CT molecular complexity index is 562. The topological polar surface area (TPSA) is 67.2 Å². The average molecular weight is 321 g/mol. The number of hydrogen-bond acceptors (Lipinski definition) is 4. The fourth-order valence-corrected chi connectivity index (χ4v) is 4.12. The van der Waals surface area contributed by atoms with Crippen molar-refractivity contribution in [3.05, 3.63) is 11.5 Å². The Hall–Kier alpha value is -0.630. The number of rotatable bonds is 4. The Morgan fingerprint density at radius 2 is 2.00 bits per heavy atom. The molecule has 0 aliphatic carbocycles. The molecule has 0 unspecified atom stereocenters. The van der Waals surface area contributed by atoms with Crippen LogP contribution < -0.4 is 4.72 Å². The van der Waals surface area contributed by atoms with Crippen LogP contribution in [-0.4, -0.2) is 48.0 Å². The summed E-state index contributed by atoms with van der Waals surface area (Å²) in [5, 5.41) is 0.0464. The Morgan fingerprint density at radius 1 is 1.40 bits per heavy atom. The van der Waals surface area contributed by atoms with Crippen LogP contribution in [0, 0.1) is 0 Å². The first-order chi connectivity index (χ1) is 9.31. The molecule has 1 saturated heterocycles. The second kappa shape index (κ2) is 6.01. The summed E-state index contributed by atoms with van der Waals surface area (Å²) in [5.41, 5.74) is 0. The van der Waals surface area contributed by atoms with Crippen molar-refractivity contribution in [2.45, 2.75) is 43.8 Å². The zero-order valence-corrected chi connectivity index (χ0v) is 13.6. The van der Waals surface area contributed by atoms with Crippen molar-refractivity contribution in [2.75, 3.05) is 13.1 Å². The van der Waals surface area contributed by atoms with Crippen LogP contribution in [-0.2, 0) is 17.1 Å². The average Bonchev–Trinajstić information content (AvgIpc) is 2.71. The fraction of sp³-hybridized carbons (Fsp3) is 0.750. The maximum Gasteiger partial charge on any atom is 0.261 e. The molecule has 114 valence electrons. The van der Waals surface area contributed by atoms with E-state index in [4.69, 9.17) is 11.6 Å². The van der Waals surface area contributed by atoms with E-state index in [1.54, 1.807) is 7.05 Å². The van der Waals surface area contributed by atoms with E-state index >= 15 is 0 Å². The number of sulfonamides is 1. The Balaban J connectivity index is 2.02. The van der Waals surface area contributed by atoms with E-state index in [1.165, 1.54) is 10.9 Å². The Morgan fingerprint density at radius 3 is 2.45 bits per heavy atom. The Labute approximate surface area is 125 Å². The molecule has 0 radical (unpaired) electrons. The van der Waals surface area contributed by atoms with Crippen LogP contribution in [0.2, 0.25) is 5.15 Å². The third kappa shape index (κ3) is 3.33. The zero-order chi connectivity index (χ0) is 14.9. The maximum atomic E-state index is 12.3. The van der Waals surface area contributed by atoms with Crippen molar-refractivity contribution in [1.29, 1.82) is 0 Å². The zero-order valence-electron chi connectivity index (χ0n) is 12.0. The molecule has 0 amide bonds. The molecule has 20 heavy (non-hydrogen) atoms. The molecule has 1 aromatic rings. The second-order valence-electron chi connectivity index (χ2n) is 5.48. The number of halogens is 1. The lowest BCUT2D eigenvalue weighted by Gasteiger charge is -2.34. The summed E-state index contributed by atoms with van der Waals surface area (Å²) in [6, 6.07) is 0.450. The minimum Gasteiger partial charge on any atom is -0.324 e. The number of imidazole rings is 1. The molecule has 0 saturated carbocycles. The molecule has 6 nitrogen and oxygen atoms in total. The molecule has 0 aromatic carbocycles. The van der Waals surface area contributed by atoms with Gasteiger partial charge in [0.15, 0.2) is 0 Å². The summed E-state index contributed by atoms with van der Waals surface area (Å²) < 4.78 is 28.7. The number of hydrogen-bond donors (Lipinski definition) is 1. The normalized spacial score (nSPS) is 18.9. The summed E-state index contributed by atoms with van der Waals surface area (Å²) >= 11 is 5.95. The number of aromatic nitrogens is 2. The van der Waals surface area contributed by atoms with Gasteiger partial charge < -0.3 is 9.47 Å². The summed E-state index contributed by atoms with van der Waals surface area (Å²) in [5.74, 6) is 0. The lowest BCUT2D eigenvalue weighted by Crippen LogP contribution is -2.46. The molecule has 1 N–H and O–H groups in total. The standard InChI is InChI=1S/C12H21ClN4O2S/c1-9(2)17-6-4-10(5-7-17)15-20(18,19)12-11(13)16(3)8-14-12/h8-10,15H,4-7H2,1-3H3. The third-order valence-electron chi connectivity index (χ3n) is 3.67. The molecule has 0 bridgehead atoms. The number of nitrogens with one attached hydrogen (secondary N) is 1. The molecule has 1 fully saturated rings. The summed E-state index contributed by atoms with van der Waals surface area (Å²) in [6.45, 7) is 6.11. The van der Waals surface area contributed by atoms with E-state index in [0.29, 0.717) is 6.04 Å². The minimum absolute atomic E-state index is 0.0481. The molecule has 0 atom stereocenters. The molecule has 1 aliphatic heterocycles. The van der Waals surface area contributed by atoms with Gasteiger partial charge in [0.05, 0.1) is 6.33 Å². The monoisotopic (exact) mass is 320 g/mol. The lowest BCUT2D eigenvalue weighted by molar-refractivity contribution is 0.168. The molecule has 1 aromatic heterocycles.